The van der Waals surface area contributed by atoms with Crippen LogP contribution in [0.5, 0.6) is 0 Å². The zero-order valence-corrected chi connectivity index (χ0v) is 15.4. The first-order valence-corrected chi connectivity index (χ1v) is 9.30. The lowest BCUT2D eigenvalue weighted by molar-refractivity contribution is -0.130. The summed E-state index contributed by atoms with van der Waals surface area (Å²) in [6, 6.07) is 0.265. The summed E-state index contributed by atoms with van der Waals surface area (Å²) in [5.41, 5.74) is 0.263. The molecule has 3 rings (SSSR count). The largest absolute Gasteiger partial charge is 0.462 e. The molecule has 1 aliphatic heterocycles. The lowest BCUT2D eigenvalue weighted by Crippen LogP contribution is -2.40. The second kappa shape index (κ2) is 7.88. The maximum absolute atomic E-state index is 12.7. The van der Waals surface area contributed by atoms with E-state index < -0.39 is 5.97 Å². The van der Waals surface area contributed by atoms with Gasteiger partial charge in [-0.3, -0.25) is 14.3 Å². The maximum Gasteiger partial charge on any atom is 0.343 e. The number of rotatable bonds is 5. The highest BCUT2D eigenvalue weighted by molar-refractivity contribution is 6.00. The third kappa shape index (κ3) is 3.73. The molecule has 1 saturated heterocycles. The molecule has 2 aliphatic rings. The van der Waals surface area contributed by atoms with Crippen LogP contribution >= 0.6 is 0 Å². The highest BCUT2D eigenvalue weighted by Gasteiger charge is 2.34. The van der Waals surface area contributed by atoms with Crippen molar-refractivity contribution in [2.24, 2.45) is 13.0 Å². The van der Waals surface area contributed by atoms with E-state index in [1.807, 2.05) is 4.90 Å². The molecule has 0 atom stereocenters. The van der Waals surface area contributed by atoms with Crippen LogP contribution in [0.2, 0.25) is 0 Å². The van der Waals surface area contributed by atoms with Crippen LogP contribution in [0.25, 0.3) is 0 Å². The quantitative estimate of drug-likeness (QED) is 0.805. The van der Waals surface area contributed by atoms with Gasteiger partial charge in [-0.25, -0.2) is 4.79 Å². The number of likely N-dealkylation sites (tertiary alicyclic amines) is 1. The summed E-state index contributed by atoms with van der Waals surface area (Å²) in [4.78, 5) is 38.5. The molecule has 0 aromatic carbocycles. The number of carbonyl (C=O) groups is 3. The molecular formula is C18H26N4O4. The molecule has 0 spiro atoms. The highest BCUT2D eigenvalue weighted by Crippen LogP contribution is 2.31. The predicted molar refractivity (Wildman–Crippen MR) is 94.5 cm³/mol. The Morgan fingerprint density at radius 3 is 2.65 bits per heavy atom. The van der Waals surface area contributed by atoms with E-state index in [9.17, 15) is 14.4 Å². The van der Waals surface area contributed by atoms with Crippen molar-refractivity contribution < 1.29 is 19.1 Å². The molecule has 1 aromatic heterocycles. The summed E-state index contributed by atoms with van der Waals surface area (Å²) in [5.74, 6) is -0.108. The van der Waals surface area contributed by atoms with E-state index in [-0.39, 0.29) is 35.9 Å². The summed E-state index contributed by atoms with van der Waals surface area (Å²) in [5, 5.41) is 6.89. The van der Waals surface area contributed by atoms with Gasteiger partial charge in [0.15, 0.2) is 0 Å². The van der Waals surface area contributed by atoms with Crippen molar-refractivity contribution in [3.05, 3.63) is 11.8 Å². The van der Waals surface area contributed by atoms with Gasteiger partial charge in [0.05, 0.1) is 12.8 Å². The van der Waals surface area contributed by atoms with Crippen molar-refractivity contribution in [2.75, 3.05) is 18.5 Å². The minimum atomic E-state index is -0.493. The fraction of sp³-hybridized carbons (Fsp3) is 0.667. The molecule has 142 valence electrons. The van der Waals surface area contributed by atoms with Crippen LogP contribution < -0.4 is 5.32 Å². The van der Waals surface area contributed by atoms with E-state index >= 15 is 0 Å². The Morgan fingerprint density at radius 2 is 2.04 bits per heavy atom. The van der Waals surface area contributed by atoms with Gasteiger partial charge in [-0.1, -0.05) is 0 Å². The number of aromatic nitrogens is 2. The van der Waals surface area contributed by atoms with Crippen molar-refractivity contribution in [3.63, 3.8) is 0 Å². The fourth-order valence-electron chi connectivity index (χ4n) is 3.87. The zero-order chi connectivity index (χ0) is 18.7. The molecule has 8 nitrogen and oxygen atoms in total. The van der Waals surface area contributed by atoms with Crippen LogP contribution in [0, 0.1) is 5.92 Å². The molecule has 0 unspecified atom stereocenters. The number of ether oxygens (including phenoxy) is 1. The number of esters is 1. The number of aryl methyl sites for hydroxylation is 1. The van der Waals surface area contributed by atoms with Crippen molar-refractivity contribution in [1.29, 1.82) is 0 Å². The molecule has 2 heterocycles. The number of hydrogen-bond donors (Lipinski definition) is 1. The minimum absolute atomic E-state index is 0.106. The van der Waals surface area contributed by atoms with E-state index in [0.717, 1.165) is 38.6 Å². The highest BCUT2D eigenvalue weighted by atomic mass is 16.5. The Labute approximate surface area is 152 Å². The van der Waals surface area contributed by atoms with Crippen LogP contribution in [0.1, 0.15) is 55.8 Å². The van der Waals surface area contributed by atoms with E-state index in [1.165, 1.54) is 10.9 Å². The van der Waals surface area contributed by atoms with Gasteiger partial charge >= 0.3 is 5.97 Å². The van der Waals surface area contributed by atoms with Gasteiger partial charge in [0.25, 0.3) is 0 Å². The second-order valence-corrected chi connectivity index (χ2v) is 6.94. The van der Waals surface area contributed by atoms with Gasteiger partial charge in [-0.2, -0.15) is 5.10 Å². The van der Waals surface area contributed by atoms with Gasteiger partial charge in [-0.05, 0) is 39.0 Å². The van der Waals surface area contributed by atoms with Gasteiger partial charge in [0, 0.05) is 32.0 Å². The molecule has 26 heavy (non-hydrogen) atoms. The van der Waals surface area contributed by atoms with Crippen molar-refractivity contribution in [1.82, 2.24) is 14.7 Å². The van der Waals surface area contributed by atoms with Gasteiger partial charge < -0.3 is 15.0 Å². The molecule has 1 aromatic rings. The third-order valence-electron chi connectivity index (χ3n) is 5.29. The Morgan fingerprint density at radius 1 is 1.31 bits per heavy atom. The lowest BCUT2D eigenvalue weighted by Gasteiger charge is -2.34. The predicted octanol–water partition coefficient (Wildman–Crippen LogP) is 1.72. The number of amides is 2. The van der Waals surface area contributed by atoms with Gasteiger partial charge in [0.1, 0.15) is 11.4 Å². The summed E-state index contributed by atoms with van der Waals surface area (Å²) < 4.78 is 6.48. The summed E-state index contributed by atoms with van der Waals surface area (Å²) >= 11 is 0. The zero-order valence-electron chi connectivity index (χ0n) is 15.4. The van der Waals surface area contributed by atoms with Crippen LogP contribution in [-0.2, 0) is 21.4 Å². The first-order chi connectivity index (χ1) is 12.5. The summed E-state index contributed by atoms with van der Waals surface area (Å²) in [6.45, 7) is 2.84. The van der Waals surface area contributed by atoms with E-state index in [0.29, 0.717) is 12.2 Å². The van der Waals surface area contributed by atoms with E-state index in [4.69, 9.17) is 4.74 Å². The molecule has 1 aliphatic carbocycles. The lowest BCUT2D eigenvalue weighted by atomic mass is 9.85. The number of nitrogens with zero attached hydrogens (tertiary/aromatic N) is 3. The van der Waals surface area contributed by atoms with Crippen LogP contribution in [0.4, 0.5) is 5.82 Å². The molecule has 2 amide bonds. The van der Waals surface area contributed by atoms with Gasteiger partial charge in [0.2, 0.25) is 11.8 Å². The first kappa shape index (κ1) is 18.4. The van der Waals surface area contributed by atoms with Crippen LogP contribution in [0.15, 0.2) is 6.20 Å². The van der Waals surface area contributed by atoms with Crippen molar-refractivity contribution in [3.8, 4) is 0 Å². The average Bonchev–Trinajstić information content (AvgIpc) is 3.21. The average molecular weight is 362 g/mol. The first-order valence-electron chi connectivity index (χ1n) is 9.30. The Hall–Kier alpha value is -2.38. The normalized spacial score (nSPS) is 23.2. The molecule has 1 N–H and O–H groups in total. The molecule has 2 fully saturated rings. The maximum atomic E-state index is 12.7. The van der Waals surface area contributed by atoms with Crippen LogP contribution in [0.3, 0.4) is 0 Å². The SMILES string of the molecule is CCOC(=O)c1cnn(C)c1NC(=O)C1CCC(N2CCCC2=O)CC1. The molecule has 0 radical (unpaired) electrons. The second-order valence-electron chi connectivity index (χ2n) is 6.94. The molecular weight excluding hydrogens is 336 g/mol. The number of hydrogen-bond acceptors (Lipinski definition) is 5. The van der Waals surface area contributed by atoms with Gasteiger partial charge in [-0.15, -0.1) is 0 Å². The Kier molecular flexibility index (Phi) is 5.58. The summed E-state index contributed by atoms with van der Waals surface area (Å²) in [6.07, 6.45) is 6.18. The number of carbonyl (C=O) groups excluding carboxylic acids is 3. The smallest absolute Gasteiger partial charge is 0.343 e. The number of nitrogens with one attached hydrogen (secondary N) is 1. The molecule has 0 bridgehead atoms. The topological polar surface area (TPSA) is 93.5 Å². The standard InChI is InChI=1S/C18H26N4O4/c1-3-26-18(25)14-11-19-21(2)16(14)20-17(24)12-6-8-13(9-7-12)22-10-4-5-15(22)23/h11-13H,3-10H2,1-2H3,(H,20,24). The van der Waals surface area contributed by atoms with E-state index in [1.54, 1.807) is 14.0 Å². The summed E-state index contributed by atoms with van der Waals surface area (Å²) in [7, 11) is 1.67. The number of anilines is 1. The minimum Gasteiger partial charge on any atom is -0.462 e. The van der Waals surface area contributed by atoms with Crippen molar-refractivity contribution in [2.45, 2.75) is 51.5 Å². The van der Waals surface area contributed by atoms with Crippen LogP contribution in [-0.4, -0.2) is 51.7 Å². The molecule has 8 heteroatoms. The van der Waals surface area contributed by atoms with Crippen molar-refractivity contribution >= 4 is 23.6 Å². The fourth-order valence-corrected chi connectivity index (χ4v) is 3.87. The third-order valence-corrected chi connectivity index (χ3v) is 5.29. The van der Waals surface area contributed by atoms with E-state index in [2.05, 4.69) is 10.4 Å². The molecule has 1 saturated carbocycles. The Bertz CT molecular complexity index is 691. The monoisotopic (exact) mass is 362 g/mol. The Balaban J connectivity index is 1.59.